The van der Waals surface area contributed by atoms with E-state index in [1.54, 1.807) is 12.1 Å². The molecule has 0 aliphatic rings. The van der Waals surface area contributed by atoms with E-state index in [9.17, 15) is 9.18 Å². The summed E-state index contributed by atoms with van der Waals surface area (Å²) in [6, 6.07) is 15.6. The molecule has 24 heavy (non-hydrogen) atoms. The van der Waals surface area contributed by atoms with E-state index in [0.29, 0.717) is 6.54 Å². The summed E-state index contributed by atoms with van der Waals surface area (Å²) >= 11 is 5.07. The highest BCUT2D eigenvalue weighted by Crippen LogP contribution is 2.16. The van der Waals surface area contributed by atoms with Crippen LogP contribution < -0.4 is 20.9 Å². The van der Waals surface area contributed by atoms with Gasteiger partial charge in [0.05, 0.1) is 0 Å². The number of benzene rings is 2. The Hall–Kier alpha value is -2.67. The lowest BCUT2D eigenvalue weighted by molar-refractivity contribution is -0.127. The largest absolute Gasteiger partial charge is 0.478 e. The minimum absolute atomic E-state index is 0.0185. The summed E-state index contributed by atoms with van der Waals surface area (Å²) in [7, 11) is 0. The van der Waals surface area contributed by atoms with Crippen LogP contribution in [0.2, 0.25) is 0 Å². The first kappa shape index (κ1) is 17.7. The zero-order chi connectivity index (χ0) is 17.4. The van der Waals surface area contributed by atoms with Crippen molar-refractivity contribution in [3.05, 3.63) is 66.0 Å². The normalized spacial score (nSPS) is 11.2. The third-order valence-corrected chi connectivity index (χ3v) is 3.35. The second-order valence-electron chi connectivity index (χ2n) is 4.97. The zero-order valence-corrected chi connectivity index (χ0v) is 13.9. The van der Waals surface area contributed by atoms with Gasteiger partial charge in [0.15, 0.2) is 22.8 Å². The average Bonchev–Trinajstić information content (AvgIpc) is 2.60. The van der Waals surface area contributed by atoms with E-state index in [0.717, 1.165) is 5.56 Å². The van der Waals surface area contributed by atoms with Crippen LogP contribution in [0.4, 0.5) is 4.39 Å². The number of halogens is 1. The highest BCUT2D eigenvalue weighted by Gasteiger charge is 2.16. The van der Waals surface area contributed by atoms with Crippen LogP contribution in [0.15, 0.2) is 54.6 Å². The lowest BCUT2D eigenvalue weighted by Crippen LogP contribution is -2.50. The molecular weight excluding hydrogens is 329 g/mol. The van der Waals surface area contributed by atoms with Crippen LogP contribution in [0.3, 0.4) is 0 Å². The van der Waals surface area contributed by atoms with Crippen LogP contribution in [0.1, 0.15) is 12.5 Å². The SMILES string of the molecule is C[C@@H](Oc1ccccc1F)C(=O)NNC(=S)NCc1ccccc1. The number of hydrogen-bond acceptors (Lipinski definition) is 3. The van der Waals surface area contributed by atoms with Crippen molar-refractivity contribution in [3.63, 3.8) is 0 Å². The second kappa shape index (κ2) is 8.83. The molecular formula is C17H18FN3O2S. The van der Waals surface area contributed by atoms with Crippen LogP contribution in [-0.4, -0.2) is 17.1 Å². The lowest BCUT2D eigenvalue weighted by atomic mass is 10.2. The van der Waals surface area contributed by atoms with Gasteiger partial charge in [0.1, 0.15) is 0 Å². The maximum Gasteiger partial charge on any atom is 0.279 e. The minimum Gasteiger partial charge on any atom is -0.478 e. The molecule has 0 fully saturated rings. The molecule has 0 saturated carbocycles. The summed E-state index contributed by atoms with van der Waals surface area (Å²) in [4.78, 5) is 11.9. The summed E-state index contributed by atoms with van der Waals surface area (Å²) in [6.45, 7) is 2.05. The Balaban J connectivity index is 1.73. The van der Waals surface area contributed by atoms with Gasteiger partial charge < -0.3 is 10.1 Å². The van der Waals surface area contributed by atoms with Crippen molar-refractivity contribution in [2.45, 2.75) is 19.6 Å². The molecule has 0 radical (unpaired) electrons. The number of thiocarbonyl (C=S) groups is 1. The number of hydrogen-bond donors (Lipinski definition) is 3. The van der Waals surface area contributed by atoms with Gasteiger partial charge in [-0.25, -0.2) is 4.39 Å². The van der Waals surface area contributed by atoms with Crippen molar-refractivity contribution in [2.24, 2.45) is 0 Å². The Bertz CT molecular complexity index is 697. The molecule has 3 N–H and O–H groups in total. The molecule has 1 amide bonds. The first-order valence-electron chi connectivity index (χ1n) is 7.35. The highest BCUT2D eigenvalue weighted by molar-refractivity contribution is 7.80. The van der Waals surface area contributed by atoms with Crippen LogP contribution >= 0.6 is 12.2 Å². The molecule has 2 rings (SSSR count). The van der Waals surface area contributed by atoms with E-state index in [1.807, 2.05) is 30.3 Å². The van der Waals surface area contributed by atoms with Gasteiger partial charge in [-0.3, -0.25) is 15.6 Å². The van der Waals surface area contributed by atoms with Gasteiger partial charge in [0.25, 0.3) is 5.91 Å². The predicted octanol–water partition coefficient (Wildman–Crippen LogP) is 2.29. The number of para-hydroxylation sites is 1. The fourth-order valence-electron chi connectivity index (χ4n) is 1.83. The molecule has 2 aromatic rings. The number of amides is 1. The molecule has 0 heterocycles. The summed E-state index contributed by atoms with van der Waals surface area (Å²) in [5.41, 5.74) is 6.06. The predicted molar refractivity (Wildman–Crippen MR) is 93.6 cm³/mol. The fraction of sp³-hybridized carbons (Fsp3) is 0.176. The van der Waals surface area contributed by atoms with Crippen molar-refractivity contribution >= 4 is 23.2 Å². The van der Waals surface area contributed by atoms with E-state index in [-0.39, 0.29) is 10.9 Å². The molecule has 0 aromatic heterocycles. The number of hydrazine groups is 1. The average molecular weight is 347 g/mol. The lowest BCUT2D eigenvalue weighted by Gasteiger charge is -2.16. The van der Waals surface area contributed by atoms with Gasteiger partial charge in [-0.1, -0.05) is 42.5 Å². The first-order valence-corrected chi connectivity index (χ1v) is 7.76. The van der Waals surface area contributed by atoms with Gasteiger partial charge in [-0.05, 0) is 36.8 Å². The smallest absolute Gasteiger partial charge is 0.279 e. The Morgan fingerprint density at radius 1 is 1.12 bits per heavy atom. The Kier molecular flexibility index (Phi) is 6.51. The van der Waals surface area contributed by atoms with E-state index in [4.69, 9.17) is 17.0 Å². The van der Waals surface area contributed by atoms with Gasteiger partial charge in [-0.15, -0.1) is 0 Å². The topological polar surface area (TPSA) is 62.4 Å². The Morgan fingerprint density at radius 3 is 2.50 bits per heavy atom. The first-order chi connectivity index (χ1) is 11.6. The molecule has 0 bridgehead atoms. The number of carbonyl (C=O) groups is 1. The number of rotatable bonds is 5. The Morgan fingerprint density at radius 2 is 1.79 bits per heavy atom. The van der Waals surface area contributed by atoms with E-state index < -0.39 is 17.8 Å². The second-order valence-corrected chi connectivity index (χ2v) is 5.38. The molecule has 0 aliphatic heterocycles. The molecule has 0 spiro atoms. The summed E-state index contributed by atoms with van der Waals surface area (Å²) in [5, 5.41) is 3.23. The number of ether oxygens (including phenoxy) is 1. The van der Waals surface area contributed by atoms with E-state index in [2.05, 4.69) is 16.2 Å². The summed E-state index contributed by atoms with van der Waals surface area (Å²) < 4.78 is 18.8. The van der Waals surface area contributed by atoms with Crippen molar-refractivity contribution in [3.8, 4) is 5.75 Å². The quantitative estimate of drug-likeness (QED) is 0.572. The van der Waals surface area contributed by atoms with Crippen LogP contribution in [0.25, 0.3) is 0 Å². The Labute approximate surface area is 145 Å². The van der Waals surface area contributed by atoms with Gasteiger partial charge in [0.2, 0.25) is 0 Å². The van der Waals surface area contributed by atoms with Crippen molar-refractivity contribution in [1.82, 2.24) is 16.2 Å². The molecule has 2 aromatic carbocycles. The maximum atomic E-state index is 13.5. The van der Waals surface area contributed by atoms with Crippen molar-refractivity contribution in [1.29, 1.82) is 0 Å². The standard InChI is InChI=1S/C17H18FN3O2S/c1-12(23-15-10-6-5-9-14(15)18)16(22)20-21-17(24)19-11-13-7-3-2-4-8-13/h2-10,12H,11H2,1H3,(H,20,22)(H2,19,21,24)/t12-/m1/s1. The van der Waals surface area contributed by atoms with Crippen LogP contribution in [0, 0.1) is 5.82 Å². The van der Waals surface area contributed by atoms with E-state index >= 15 is 0 Å². The van der Waals surface area contributed by atoms with E-state index in [1.165, 1.54) is 19.1 Å². The molecule has 0 unspecified atom stereocenters. The highest BCUT2D eigenvalue weighted by atomic mass is 32.1. The molecule has 5 nitrogen and oxygen atoms in total. The molecule has 7 heteroatoms. The third-order valence-electron chi connectivity index (χ3n) is 3.10. The fourth-order valence-corrected chi connectivity index (χ4v) is 1.95. The van der Waals surface area contributed by atoms with Crippen molar-refractivity contribution < 1.29 is 13.9 Å². The van der Waals surface area contributed by atoms with Crippen molar-refractivity contribution in [2.75, 3.05) is 0 Å². The number of nitrogens with one attached hydrogen (secondary N) is 3. The monoisotopic (exact) mass is 347 g/mol. The van der Waals surface area contributed by atoms with Gasteiger partial charge in [-0.2, -0.15) is 0 Å². The summed E-state index contributed by atoms with van der Waals surface area (Å²) in [5.74, 6) is -0.975. The summed E-state index contributed by atoms with van der Waals surface area (Å²) in [6.07, 6.45) is -0.883. The molecule has 1 atom stereocenters. The van der Waals surface area contributed by atoms with Crippen LogP contribution in [0.5, 0.6) is 5.75 Å². The van der Waals surface area contributed by atoms with Gasteiger partial charge in [0, 0.05) is 6.54 Å². The maximum absolute atomic E-state index is 13.5. The zero-order valence-electron chi connectivity index (χ0n) is 13.1. The molecule has 0 saturated heterocycles. The third kappa shape index (κ3) is 5.51. The minimum atomic E-state index is -0.883. The number of carbonyl (C=O) groups excluding carboxylic acids is 1. The van der Waals surface area contributed by atoms with Gasteiger partial charge >= 0.3 is 0 Å². The van der Waals surface area contributed by atoms with Crippen LogP contribution in [-0.2, 0) is 11.3 Å². The molecule has 126 valence electrons. The molecule has 0 aliphatic carbocycles.